The number of hydrogen-bond donors (Lipinski definition) is 2. The summed E-state index contributed by atoms with van der Waals surface area (Å²) in [5.74, 6) is 1.34. The molecule has 1 aromatic rings. The van der Waals surface area contributed by atoms with Crippen molar-refractivity contribution in [2.45, 2.75) is 38.7 Å². The van der Waals surface area contributed by atoms with E-state index in [1.807, 2.05) is 12.1 Å². The van der Waals surface area contributed by atoms with E-state index in [0.29, 0.717) is 5.92 Å². The van der Waals surface area contributed by atoms with Gasteiger partial charge in [0.1, 0.15) is 18.0 Å². The van der Waals surface area contributed by atoms with Crippen molar-refractivity contribution in [3.05, 3.63) is 29.8 Å². The van der Waals surface area contributed by atoms with Crippen molar-refractivity contribution in [3.8, 4) is 5.75 Å². The molecule has 0 aliphatic heterocycles. The van der Waals surface area contributed by atoms with E-state index in [9.17, 15) is 5.11 Å². The minimum atomic E-state index is -0.963. The van der Waals surface area contributed by atoms with Gasteiger partial charge in [0.25, 0.3) is 0 Å². The van der Waals surface area contributed by atoms with Crippen LogP contribution in [0.2, 0.25) is 0 Å². The lowest BCUT2D eigenvalue weighted by Gasteiger charge is -2.21. The molecule has 1 aromatic carbocycles. The largest absolute Gasteiger partial charge is 0.491 e. The lowest BCUT2D eigenvalue weighted by molar-refractivity contribution is 0.0195. The summed E-state index contributed by atoms with van der Waals surface area (Å²) in [4.78, 5) is 0. The first-order valence-corrected chi connectivity index (χ1v) is 6.13. The predicted molar refractivity (Wildman–Crippen MR) is 70.3 cm³/mol. The summed E-state index contributed by atoms with van der Waals surface area (Å²) in [7, 11) is 0. The average Bonchev–Trinajstić information content (AvgIpc) is 2.36. The number of nitrogens with two attached hydrogens (primary N) is 1. The summed E-state index contributed by atoms with van der Waals surface area (Å²) in [5.41, 5.74) is 5.77. The van der Waals surface area contributed by atoms with Crippen molar-refractivity contribution in [2.75, 3.05) is 13.2 Å². The maximum absolute atomic E-state index is 9.72. The minimum absolute atomic E-state index is 0.192. The summed E-state index contributed by atoms with van der Waals surface area (Å²) in [5, 5.41) is 9.72. The molecule has 0 aliphatic rings. The quantitative estimate of drug-likeness (QED) is 0.798. The van der Waals surface area contributed by atoms with E-state index in [1.54, 1.807) is 6.92 Å². The zero-order valence-corrected chi connectivity index (χ0v) is 10.9. The molecule has 17 heavy (non-hydrogen) atoms. The highest BCUT2D eigenvalue weighted by atomic mass is 16.5. The Bertz CT molecular complexity index is 333. The molecule has 96 valence electrons. The van der Waals surface area contributed by atoms with E-state index in [0.717, 1.165) is 12.2 Å². The lowest BCUT2D eigenvalue weighted by Crippen LogP contribution is -2.40. The van der Waals surface area contributed by atoms with Crippen LogP contribution in [-0.4, -0.2) is 23.9 Å². The zero-order valence-electron chi connectivity index (χ0n) is 10.9. The monoisotopic (exact) mass is 237 g/mol. The van der Waals surface area contributed by atoms with Crippen molar-refractivity contribution in [2.24, 2.45) is 5.73 Å². The highest BCUT2D eigenvalue weighted by Crippen LogP contribution is 2.21. The maximum Gasteiger partial charge on any atom is 0.119 e. The predicted octanol–water partition coefficient (Wildman–Crippen LogP) is 2.29. The first-order valence-electron chi connectivity index (χ1n) is 6.13. The Labute approximate surface area is 104 Å². The molecule has 0 saturated heterocycles. The molecule has 2 atom stereocenters. The molecule has 0 spiro atoms. The zero-order chi connectivity index (χ0) is 12.9. The second-order valence-corrected chi connectivity index (χ2v) is 4.87. The summed E-state index contributed by atoms with van der Waals surface area (Å²) in [6.45, 7) is 6.45. The lowest BCUT2D eigenvalue weighted by atomic mass is 9.99. The molecular weight excluding hydrogens is 214 g/mol. The van der Waals surface area contributed by atoms with Crippen molar-refractivity contribution >= 4 is 0 Å². The molecule has 0 aliphatic carbocycles. The van der Waals surface area contributed by atoms with Crippen LogP contribution in [0, 0.1) is 0 Å². The first-order chi connectivity index (χ1) is 7.98. The van der Waals surface area contributed by atoms with Gasteiger partial charge in [0.2, 0.25) is 0 Å². The van der Waals surface area contributed by atoms with E-state index >= 15 is 0 Å². The molecule has 1 rings (SSSR count). The van der Waals surface area contributed by atoms with E-state index in [4.69, 9.17) is 10.5 Å². The molecule has 2 unspecified atom stereocenters. The Hall–Kier alpha value is -1.06. The molecule has 0 saturated carbocycles. The summed E-state index contributed by atoms with van der Waals surface area (Å²) in [6, 6.07) is 8.02. The number of aliphatic hydroxyl groups is 1. The van der Waals surface area contributed by atoms with Crippen LogP contribution in [0.3, 0.4) is 0 Å². The Kier molecular flexibility index (Phi) is 4.97. The molecule has 3 N–H and O–H groups in total. The fourth-order valence-corrected chi connectivity index (χ4v) is 1.43. The van der Waals surface area contributed by atoms with E-state index in [2.05, 4.69) is 26.0 Å². The van der Waals surface area contributed by atoms with Gasteiger partial charge in [0.15, 0.2) is 0 Å². The number of ether oxygens (including phenoxy) is 1. The molecule has 0 bridgehead atoms. The number of hydrogen-bond acceptors (Lipinski definition) is 3. The van der Waals surface area contributed by atoms with Gasteiger partial charge in [-0.15, -0.1) is 0 Å². The fourth-order valence-electron chi connectivity index (χ4n) is 1.43. The second kappa shape index (κ2) is 6.03. The van der Waals surface area contributed by atoms with Gasteiger partial charge in [-0.2, -0.15) is 0 Å². The molecule has 0 radical (unpaired) electrons. The van der Waals surface area contributed by atoms with E-state index < -0.39 is 5.60 Å². The highest BCUT2D eigenvalue weighted by molar-refractivity contribution is 5.29. The Morgan fingerprint density at radius 3 is 2.41 bits per heavy atom. The molecular formula is C14H23NO2. The molecule has 3 heteroatoms. The third-order valence-electron chi connectivity index (χ3n) is 3.05. The smallest absolute Gasteiger partial charge is 0.119 e. The molecule has 0 heterocycles. The van der Waals surface area contributed by atoms with Gasteiger partial charge in [-0.1, -0.05) is 26.0 Å². The highest BCUT2D eigenvalue weighted by Gasteiger charge is 2.18. The maximum atomic E-state index is 9.72. The van der Waals surface area contributed by atoms with E-state index in [-0.39, 0.29) is 13.2 Å². The average molecular weight is 237 g/mol. The van der Waals surface area contributed by atoms with Gasteiger partial charge < -0.3 is 15.6 Å². The fraction of sp³-hybridized carbons (Fsp3) is 0.571. The molecule has 0 aromatic heterocycles. The van der Waals surface area contributed by atoms with Crippen LogP contribution in [-0.2, 0) is 0 Å². The SMILES string of the molecule is CCC(C)c1ccc(OCC(C)(O)CN)cc1. The van der Waals surface area contributed by atoms with Crippen LogP contribution in [0.1, 0.15) is 38.7 Å². The van der Waals surface area contributed by atoms with Crippen LogP contribution in [0.4, 0.5) is 0 Å². The van der Waals surface area contributed by atoms with Gasteiger partial charge in [-0.3, -0.25) is 0 Å². The minimum Gasteiger partial charge on any atom is -0.491 e. The van der Waals surface area contributed by atoms with Gasteiger partial charge in [-0.25, -0.2) is 0 Å². The van der Waals surface area contributed by atoms with Gasteiger partial charge in [0.05, 0.1) is 0 Å². The van der Waals surface area contributed by atoms with Crippen molar-refractivity contribution in [1.82, 2.24) is 0 Å². The van der Waals surface area contributed by atoms with Gasteiger partial charge in [-0.05, 0) is 37.0 Å². The third-order valence-corrected chi connectivity index (χ3v) is 3.05. The Morgan fingerprint density at radius 1 is 1.35 bits per heavy atom. The van der Waals surface area contributed by atoms with Crippen LogP contribution in [0.15, 0.2) is 24.3 Å². The summed E-state index contributed by atoms with van der Waals surface area (Å²) < 4.78 is 5.50. The molecule has 0 fully saturated rings. The van der Waals surface area contributed by atoms with Gasteiger partial charge in [0, 0.05) is 6.54 Å². The van der Waals surface area contributed by atoms with Crippen LogP contribution >= 0.6 is 0 Å². The second-order valence-electron chi connectivity index (χ2n) is 4.87. The van der Waals surface area contributed by atoms with Crippen LogP contribution in [0.5, 0.6) is 5.75 Å². The standard InChI is InChI=1S/C14H23NO2/c1-4-11(2)12-5-7-13(8-6-12)17-10-14(3,16)9-15/h5-8,11,16H,4,9-10,15H2,1-3H3. The summed E-state index contributed by atoms with van der Waals surface area (Å²) in [6.07, 6.45) is 1.13. The van der Waals surface area contributed by atoms with E-state index in [1.165, 1.54) is 5.56 Å². The number of benzene rings is 1. The number of rotatable bonds is 6. The van der Waals surface area contributed by atoms with Crippen molar-refractivity contribution in [3.63, 3.8) is 0 Å². The Balaban J connectivity index is 2.57. The summed E-state index contributed by atoms with van der Waals surface area (Å²) >= 11 is 0. The molecule has 0 amide bonds. The third kappa shape index (κ3) is 4.36. The topological polar surface area (TPSA) is 55.5 Å². The van der Waals surface area contributed by atoms with Crippen molar-refractivity contribution in [1.29, 1.82) is 0 Å². The normalized spacial score (nSPS) is 16.3. The van der Waals surface area contributed by atoms with Crippen LogP contribution < -0.4 is 10.5 Å². The Morgan fingerprint density at radius 2 is 1.94 bits per heavy atom. The van der Waals surface area contributed by atoms with Crippen LogP contribution in [0.25, 0.3) is 0 Å². The molecule has 3 nitrogen and oxygen atoms in total. The first kappa shape index (κ1) is 14.0. The van der Waals surface area contributed by atoms with Gasteiger partial charge >= 0.3 is 0 Å². The van der Waals surface area contributed by atoms with Crippen molar-refractivity contribution < 1.29 is 9.84 Å².